The van der Waals surface area contributed by atoms with Crippen LogP contribution >= 0.6 is 0 Å². The molecule has 74 heavy (non-hydrogen) atoms. The summed E-state index contributed by atoms with van der Waals surface area (Å²) in [5.41, 5.74) is 14.7. The third-order valence-corrected chi connectivity index (χ3v) is 13.1. The second kappa shape index (κ2) is 37.0. The number of para-hydroxylation sites is 3. The van der Waals surface area contributed by atoms with E-state index >= 15 is 0 Å². The lowest BCUT2D eigenvalue weighted by molar-refractivity contribution is 0.198. The van der Waals surface area contributed by atoms with E-state index in [0.717, 1.165) is 49.2 Å². The van der Waals surface area contributed by atoms with Crippen LogP contribution in [-0.2, 0) is 13.0 Å². The Morgan fingerprint density at radius 1 is 0.378 bits per heavy atom. The van der Waals surface area contributed by atoms with Crippen LogP contribution in [0.1, 0.15) is 196 Å². The molecule has 0 radical (unpaired) electrons. The molecule has 8 aromatic rings. The maximum atomic E-state index is 2.64. The molecule has 0 saturated heterocycles. The molecule has 7 aromatic carbocycles. The molecule has 1 aromatic heterocycles. The molecular formula is C72H104N2. The average molecular weight is 998 g/mol. The van der Waals surface area contributed by atoms with Crippen molar-refractivity contribution >= 4 is 27.5 Å². The minimum atomic E-state index is 0. The van der Waals surface area contributed by atoms with Crippen molar-refractivity contribution in [1.29, 1.82) is 0 Å². The summed E-state index contributed by atoms with van der Waals surface area (Å²) in [4.78, 5) is 2.64. The van der Waals surface area contributed by atoms with Crippen LogP contribution in [0.5, 0.6) is 0 Å². The molecule has 402 valence electrons. The Morgan fingerprint density at radius 3 is 1.11 bits per heavy atom. The van der Waals surface area contributed by atoms with Crippen molar-refractivity contribution in [2.45, 2.75) is 188 Å². The number of hydrogen-bond acceptors (Lipinski definition) is 1. The largest absolute Gasteiger partial charge is 0.367 e. The third kappa shape index (κ3) is 16.3. The number of aromatic nitrogens is 1. The summed E-state index contributed by atoms with van der Waals surface area (Å²) in [5.74, 6) is 3.16. The van der Waals surface area contributed by atoms with Gasteiger partial charge in [0.15, 0.2) is 0 Å². The zero-order valence-corrected chi connectivity index (χ0v) is 47.8. The van der Waals surface area contributed by atoms with Crippen molar-refractivity contribution in [2.24, 2.45) is 5.92 Å². The van der Waals surface area contributed by atoms with E-state index in [1.807, 2.05) is 106 Å². The molecule has 0 bridgehead atoms. The zero-order chi connectivity index (χ0) is 52.8. The number of rotatable bonds is 2. The lowest BCUT2D eigenvalue weighted by Gasteiger charge is -2.59. The molecule has 2 nitrogen and oxygen atoms in total. The maximum absolute atomic E-state index is 2.64. The van der Waals surface area contributed by atoms with Gasteiger partial charge in [-0.2, -0.15) is 0 Å². The normalized spacial score (nSPS) is 16.0. The third-order valence-electron chi connectivity index (χ3n) is 13.1. The van der Waals surface area contributed by atoms with Crippen LogP contribution in [0.2, 0.25) is 0 Å². The Kier molecular flexibility index (Phi) is 33.0. The van der Waals surface area contributed by atoms with Crippen LogP contribution in [0.25, 0.3) is 32.9 Å². The monoisotopic (exact) mass is 997 g/mol. The van der Waals surface area contributed by atoms with Gasteiger partial charge in [-0.25, -0.2) is 0 Å². The molecule has 4 aliphatic carbocycles. The fourth-order valence-corrected chi connectivity index (χ4v) is 10.5. The Labute approximate surface area is 455 Å². The van der Waals surface area contributed by atoms with Gasteiger partial charge in [-0.3, -0.25) is 0 Å². The predicted molar refractivity (Wildman–Crippen MR) is 338 cm³/mol. The van der Waals surface area contributed by atoms with E-state index in [0.29, 0.717) is 0 Å². The van der Waals surface area contributed by atoms with E-state index in [2.05, 4.69) is 190 Å². The van der Waals surface area contributed by atoms with Crippen LogP contribution in [0.3, 0.4) is 0 Å². The number of benzene rings is 7. The van der Waals surface area contributed by atoms with Gasteiger partial charge in [0.1, 0.15) is 0 Å². The first-order valence-electron chi connectivity index (χ1n) is 28.6. The van der Waals surface area contributed by atoms with E-state index < -0.39 is 0 Å². The van der Waals surface area contributed by atoms with Crippen molar-refractivity contribution < 1.29 is 0 Å². The van der Waals surface area contributed by atoms with Crippen molar-refractivity contribution in [3.8, 4) is 11.1 Å². The summed E-state index contributed by atoms with van der Waals surface area (Å²) < 4.78 is 2.37. The van der Waals surface area contributed by atoms with Gasteiger partial charge in [-0.15, -0.1) is 0 Å². The van der Waals surface area contributed by atoms with Gasteiger partial charge in [0, 0.05) is 64.4 Å². The number of nitrogens with zero attached hydrogens (tertiary/aromatic N) is 2. The molecule has 0 N–H and O–H groups in total. The Balaban J connectivity index is 0.000000453. The average Bonchev–Trinajstić information content (AvgIpc) is 4.27. The summed E-state index contributed by atoms with van der Waals surface area (Å²) in [6, 6.07) is 65.3. The summed E-state index contributed by atoms with van der Waals surface area (Å²) in [6.07, 6.45) is 8.60. The molecule has 5 aliphatic rings. The molecular weight excluding hydrogens is 893 g/mol. The standard InChI is InChI=1S/C18H17N.C14H13N.C13H10.C6H6.C5H10.C4H10.5C2H6.2CH4/c1-2-19-14-10-6-5-9-13(14)17-15-11-7-3-4-8-12(11)16(15)18(17)19;1-2-15-13-9-5-3-7-11(13)12-8-4-6-10-14(12)15;1-3-7-12-10(5-1)9-11-6-2-4-8-13(11)12;1-2-4-6-5-3-1;1-2-4-5-3-1;1-4(2)3;5*1-2;;/h3-10,15-18H,2H2,1H3;3-10H,2H2,1H3;1-8H,9H2;1-6H;1-5H2;4H,1-3H3;5*1-2H3;2*1H4/t15-,16+,17-,18?;;;;;;;;;;;;/m0............/s1. The summed E-state index contributed by atoms with van der Waals surface area (Å²) in [6.45, 7) is 33.1. The molecule has 2 fully saturated rings. The highest BCUT2D eigenvalue weighted by Crippen LogP contribution is 2.71. The number of hydrogen-bond donors (Lipinski definition) is 0. The van der Waals surface area contributed by atoms with E-state index in [1.165, 1.54) is 81.9 Å². The Hall–Kier alpha value is -5.86. The van der Waals surface area contributed by atoms with E-state index in [9.17, 15) is 0 Å². The molecule has 0 amide bonds. The van der Waals surface area contributed by atoms with Gasteiger partial charge in [0.05, 0.1) is 0 Å². The number of fused-ring (bicyclic) bond motifs is 15. The smallest absolute Gasteiger partial charge is 0.0491 e. The fraction of sp³-hybridized carbons (Fsp3) is 0.417. The predicted octanol–water partition coefficient (Wildman–Crippen LogP) is 22.6. The van der Waals surface area contributed by atoms with Gasteiger partial charge in [-0.1, -0.05) is 301 Å². The first-order valence-corrected chi connectivity index (χ1v) is 28.6. The molecule has 4 atom stereocenters. The van der Waals surface area contributed by atoms with E-state index in [4.69, 9.17) is 0 Å². The van der Waals surface area contributed by atoms with Crippen LogP contribution in [0.4, 0.5) is 5.69 Å². The van der Waals surface area contributed by atoms with Gasteiger partial charge in [-0.05, 0) is 83.3 Å². The molecule has 2 heteroatoms. The van der Waals surface area contributed by atoms with Crippen molar-refractivity contribution in [2.75, 3.05) is 11.4 Å². The van der Waals surface area contributed by atoms with Crippen LogP contribution in [0.15, 0.2) is 182 Å². The second-order valence-corrected chi connectivity index (χ2v) is 18.0. The van der Waals surface area contributed by atoms with Gasteiger partial charge >= 0.3 is 0 Å². The molecule has 1 unspecified atom stereocenters. The first-order chi connectivity index (χ1) is 35.5. The van der Waals surface area contributed by atoms with Gasteiger partial charge in [0.2, 0.25) is 0 Å². The number of aryl methyl sites for hydroxylation is 1. The Morgan fingerprint density at radius 2 is 0.703 bits per heavy atom. The molecule has 1 aliphatic heterocycles. The van der Waals surface area contributed by atoms with E-state index in [-0.39, 0.29) is 14.9 Å². The highest BCUT2D eigenvalue weighted by molar-refractivity contribution is 6.07. The summed E-state index contributed by atoms with van der Waals surface area (Å²) in [7, 11) is 0. The van der Waals surface area contributed by atoms with Gasteiger partial charge in [0.25, 0.3) is 0 Å². The van der Waals surface area contributed by atoms with Crippen molar-refractivity contribution in [1.82, 2.24) is 4.57 Å². The lowest BCUT2D eigenvalue weighted by Crippen LogP contribution is -2.56. The van der Waals surface area contributed by atoms with Crippen LogP contribution < -0.4 is 4.90 Å². The van der Waals surface area contributed by atoms with Crippen molar-refractivity contribution in [3.63, 3.8) is 0 Å². The molecule has 2 heterocycles. The SMILES string of the molecule is C.C.C1CCCC1.CC.CC.CC.CC.CC.CC(C)C.CCN1c2ccccc2[C@@H]2C1[C@@H]1c3ccccc3[C@H]21.CCn1c2ccccc2c2ccccc21.c1ccc2c(c1)Cc1ccccc1-2.c1ccccc1. The van der Waals surface area contributed by atoms with Crippen LogP contribution in [0, 0.1) is 5.92 Å². The first kappa shape index (κ1) is 66.2. The highest BCUT2D eigenvalue weighted by Gasteiger charge is 2.64. The summed E-state index contributed by atoms with van der Waals surface area (Å²) >= 11 is 0. The van der Waals surface area contributed by atoms with Gasteiger partial charge < -0.3 is 9.47 Å². The van der Waals surface area contributed by atoms with E-state index in [1.54, 1.807) is 16.7 Å². The topological polar surface area (TPSA) is 8.17 Å². The minimum Gasteiger partial charge on any atom is -0.367 e. The molecule has 2 saturated carbocycles. The number of anilines is 1. The summed E-state index contributed by atoms with van der Waals surface area (Å²) in [5, 5.41) is 2.71. The van der Waals surface area contributed by atoms with Crippen LogP contribution in [-0.4, -0.2) is 17.2 Å². The maximum Gasteiger partial charge on any atom is 0.0491 e. The Bertz CT molecular complexity index is 2510. The number of likely N-dealkylation sites (N-methyl/N-ethyl adjacent to an activating group) is 1. The minimum absolute atomic E-state index is 0. The quantitative estimate of drug-likeness (QED) is 0.168. The zero-order valence-electron chi connectivity index (χ0n) is 47.8. The highest BCUT2D eigenvalue weighted by atomic mass is 15.2. The molecule has 0 spiro atoms. The van der Waals surface area contributed by atoms with Crippen molar-refractivity contribution in [3.05, 3.63) is 210 Å². The molecule has 13 rings (SSSR count). The fourth-order valence-electron chi connectivity index (χ4n) is 10.5. The second-order valence-electron chi connectivity index (χ2n) is 18.0. The lowest BCUT2D eigenvalue weighted by atomic mass is 9.47.